The van der Waals surface area contributed by atoms with Gasteiger partial charge in [0.1, 0.15) is 0 Å². The van der Waals surface area contributed by atoms with Gasteiger partial charge in [-0.15, -0.1) is 0 Å². The molecule has 0 N–H and O–H groups in total. The molecule has 1 heterocycles. The Morgan fingerprint density at radius 2 is 1.38 bits per heavy atom. The van der Waals surface area contributed by atoms with Crippen LogP contribution in [0.3, 0.4) is 0 Å². The summed E-state index contributed by atoms with van der Waals surface area (Å²) in [5.41, 5.74) is 1.28. The van der Waals surface area contributed by atoms with Crippen molar-refractivity contribution in [1.29, 1.82) is 0 Å². The van der Waals surface area contributed by atoms with E-state index >= 15 is 0 Å². The van der Waals surface area contributed by atoms with E-state index in [4.69, 9.17) is 4.74 Å². The molecule has 0 radical (unpaired) electrons. The Balaban J connectivity index is 1.88. The van der Waals surface area contributed by atoms with Crippen LogP contribution in [0.25, 0.3) is 0 Å². The van der Waals surface area contributed by atoms with Crippen LogP contribution in [0.2, 0.25) is 0 Å². The number of amides is 2. The van der Waals surface area contributed by atoms with Crippen LogP contribution in [0, 0.1) is 5.92 Å². The highest BCUT2D eigenvalue weighted by Gasteiger charge is 2.41. The summed E-state index contributed by atoms with van der Waals surface area (Å²) < 4.78 is 7.49. The number of benzene rings is 2. The highest BCUT2D eigenvalue weighted by atomic mass is 79.9. The van der Waals surface area contributed by atoms with Gasteiger partial charge in [0.15, 0.2) is 0 Å². The number of fused-ring (bicyclic) bond motifs is 1. The van der Waals surface area contributed by atoms with Crippen LogP contribution in [0.1, 0.15) is 51.3 Å². The van der Waals surface area contributed by atoms with Crippen LogP contribution in [-0.2, 0) is 4.74 Å². The van der Waals surface area contributed by atoms with Gasteiger partial charge in [-0.2, -0.15) is 0 Å². The Hall–Kier alpha value is -1.03. The Kier molecular flexibility index (Phi) is 7.03. The van der Waals surface area contributed by atoms with Crippen molar-refractivity contribution in [2.24, 2.45) is 5.92 Å². The molecule has 0 spiro atoms. The molecule has 29 heavy (non-hydrogen) atoms. The third-order valence-electron chi connectivity index (χ3n) is 4.39. The zero-order valence-corrected chi connectivity index (χ0v) is 21.7. The van der Waals surface area contributed by atoms with Crippen molar-refractivity contribution in [3.05, 3.63) is 58.8 Å². The van der Waals surface area contributed by atoms with Crippen molar-refractivity contribution < 1.29 is 19.1 Å². The summed E-state index contributed by atoms with van der Waals surface area (Å²) in [7, 11) is 0. The Bertz CT molecular complexity index is 971. The predicted molar refractivity (Wildman–Crippen MR) is 125 cm³/mol. The lowest BCUT2D eigenvalue weighted by Crippen LogP contribution is -2.29. The third-order valence-corrected chi connectivity index (χ3v) is 9.16. The lowest BCUT2D eigenvalue weighted by atomic mass is 10.1. The van der Waals surface area contributed by atoms with Gasteiger partial charge in [0.05, 0.1) is 29.0 Å². The first-order valence-corrected chi connectivity index (χ1v) is 11.8. The molecule has 3 rings (SSSR count). The van der Waals surface area contributed by atoms with E-state index in [0.29, 0.717) is 41.7 Å². The van der Waals surface area contributed by atoms with Crippen LogP contribution in [-0.4, -0.2) is 24.4 Å². The van der Waals surface area contributed by atoms with Gasteiger partial charge in [-0.05, 0) is 100 Å². The summed E-state index contributed by atoms with van der Waals surface area (Å²) >= 11 is 13.6. The summed E-state index contributed by atoms with van der Waals surface area (Å²) in [6.07, 6.45) is 0.785. The number of hydrogen-bond donors (Lipinski definition) is 0. The molecule has 1 aliphatic heterocycles. The zero-order valence-electron chi connectivity index (χ0n) is 15.4. The number of ether oxygens (including phenoxy) is 1. The first kappa shape index (κ1) is 22.7. The van der Waals surface area contributed by atoms with E-state index in [9.17, 15) is 14.4 Å². The van der Waals surface area contributed by atoms with Crippen molar-refractivity contribution >= 4 is 87.2 Å². The molecule has 2 amide bonds. The monoisotopic (exact) mass is 649 g/mol. The van der Waals surface area contributed by atoms with Crippen LogP contribution < -0.4 is 4.90 Å². The molecule has 5 nitrogen and oxygen atoms in total. The summed E-state index contributed by atoms with van der Waals surface area (Å²) in [4.78, 5) is 39.2. The molecule has 1 aliphatic rings. The fourth-order valence-electron chi connectivity index (χ4n) is 2.80. The van der Waals surface area contributed by atoms with E-state index in [1.807, 2.05) is 0 Å². The number of carbonyl (C=O) groups is 3. The van der Waals surface area contributed by atoms with Gasteiger partial charge in [-0.25, -0.2) is 9.69 Å². The number of hydrogen-bond acceptors (Lipinski definition) is 4. The summed E-state index contributed by atoms with van der Waals surface area (Å²) in [6.45, 7) is 4.46. The molecule has 0 bridgehead atoms. The number of halogens is 4. The van der Waals surface area contributed by atoms with Gasteiger partial charge in [0.2, 0.25) is 0 Å². The van der Waals surface area contributed by atoms with Crippen molar-refractivity contribution in [3.63, 3.8) is 0 Å². The van der Waals surface area contributed by atoms with E-state index in [1.165, 1.54) is 0 Å². The second kappa shape index (κ2) is 8.99. The fraction of sp³-hybridized carbons (Fsp3) is 0.250. The lowest BCUT2D eigenvalue weighted by molar-refractivity contribution is 0.0488. The van der Waals surface area contributed by atoms with E-state index in [1.54, 1.807) is 24.3 Å². The summed E-state index contributed by atoms with van der Waals surface area (Å²) in [5.74, 6) is -0.883. The average Bonchev–Trinajstić information content (AvgIpc) is 2.95. The van der Waals surface area contributed by atoms with Gasteiger partial charge in [-0.3, -0.25) is 9.59 Å². The van der Waals surface area contributed by atoms with Crippen LogP contribution in [0.4, 0.5) is 5.69 Å². The van der Waals surface area contributed by atoms with Gasteiger partial charge >= 0.3 is 5.97 Å². The normalized spacial score (nSPS) is 13.3. The van der Waals surface area contributed by atoms with Crippen molar-refractivity contribution in [1.82, 2.24) is 0 Å². The van der Waals surface area contributed by atoms with E-state index in [0.717, 1.165) is 11.3 Å². The number of carbonyl (C=O) groups excluding carboxylic acids is 3. The molecular weight excluding hydrogens is 638 g/mol. The maximum atomic E-state index is 13.0. The highest BCUT2D eigenvalue weighted by molar-refractivity contribution is 9.15. The van der Waals surface area contributed by atoms with Gasteiger partial charge in [0, 0.05) is 17.9 Å². The molecule has 9 heteroatoms. The quantitative estimate of drug-likeness (QED) is 0.155. The first-order chi connectivity index (χ1) is 13.6. The molecule has 2 aromatic carbocycles. The molecule has 2 aromatic rings. The molecule has 0 unspecified atom stereocenters. The van der Waals surface area contributed by atoms with E-state index in [2.05, 4.69) is 77.6 Å². The van der Waals surface area contributed by atoms with Crippen LogP contribution in [0.5, 0.6) is 0 Å². The molecule has 0 saturated heterocycles. The predicted octanol–water partition coefficient (Wildman–Crippen LogP) is 6.74. The summed E-state index contributed by atoms with van der Waals surface area (Å²) in [6, 6.07) is 6.22. The highest BCUT2D eigenvalue weighted by Crippen LogP contribution is 2.46. The molecule has 0 atom stereocenters. The molecule has 152 valence electrons. The number of imide groups is 1. The van der Waals surface area contributed by atoms with Gasteiger partial charge < -0.3 is 4.74 Å². The maximum absolute atomic E-state index is 13.0. The third kappa shape index (κ3) is 4.24. The number of rotatable bonds is 5. The van der Waals surface area contributed by atoms with Crippen molar-refractivity contribution in [3.8, 4) is 0 Å². The molecule has 0 aliphatic carbocycles. The largest absolute Gasteiger partial charge is 0.462 e. The van der Waals surface area contributed by atoms with Crippen molar-refractivity contribution in [2.45, 2.75) is 20.3 Å². The molecular formula is C20H15Br4NO4. The Morgan fingerprint density at radius 3 is 1.83 bits per heavy atom. The molecule has 0 fully saturated rings. The summed E-state index contributed by atoms with van der Waals surface area (Å²) in [5, 5.41) is 0. The molecule has 0 saturated carbocycles. The minimum absolute atomic E-state index is 0.272. The van der Waals surface area contributed by atoms with Crippen molar-refractivity contribution in [2.75, 3.05) is 11.5 Å². The topological polar surface area (TPSA) is 63.7 Å². The standard InChI is InChI=1S/C20H15Br4NO4/c1-9(2)7-8-29-20(28)10-3-5-11(6-4-10)25-18(26)12-13(19(25)27)15(22)17(24)16(23)14(12)21/h3-6,9H,7-8H2,1-2H3. The number of nitrogens with zero attached hydrogens (tertiary/aromatic N) is 1. The SMILES string of the molecule is CC(C)CCOC(=O)c1ccc(N2C(=O)c3c(Br)c(Br)c(Br)c(Br)c3C2=O)cc1. The Morgan fingerprint density at radius 1 is 0.897 bits per heavy atom. The van der Waals surface area contributed by atoms with Crippen LogP contribution in [0.15, 0.2) is 42.2 Å². The minimum atomic E-state index is -0.446. The van der Waals surface area contributed by atoms with E-state index < -0.39 is 17.8 Å². The number of anilines is 1. The first-order valence-electron chi connectivity index (χ1n) is 8.67. The average molecular weight is 653 g/mol. The number of esters is 1. The minimum Gasteiger partial charge on any atom is -0.462 e. The molecule has 0 aromatic heterocycles. The zero-order chi connectivity index (χ0) is 21.5. The second-order valence-corrected chi connectivity index (χ2v) is 9.99. The second-order valence-electron chi connectivity index (χ2n) is 6.82. The van der Waals surface area contributed by atoms with Gasteiger partial charge in [-0.1, -0.05) is 13.8 Å². The smallest absolute Gasteiger partial charge is 0.338 e. The maximum Gasteiger partial charge on any atom is 0.338 e. The van der Waals surface area contributed by atoms with E-state index in [-0.39, 0.29) is 11.1 Å². The fourth-order valence-corrected chi connectivity index (χ4v) is 5.26. The Labute approximate surface area is 201 Å². The van der Waals surface area contributed by atoms with Crippen LogP contribution >= 0.6 is 63.7 Å². The lowest BCUT2D eigenvalue weighted by Gasteiger charge is -2.14. The van der Waals surface area contributed by atoms with Gasteiger partial charge in [0.25, 0.3) is 11.8 Å².